The molecule has 1 fully saturated rings. The molecule has 1 saturated heterocycles. The van der Waals surface area contributed by atoms with Gasteiger partial charge in [0.25, 0.3) is 0 Å². The Bertz CT molecular complexity index is 212. The number of nitrogens with one attached hydrogen (secondary N) is 1. The molecular formula is C9H16N2O3. The molecule has 14 heavy (non-hydrogen) atoms. The molecule has 1 rings (SSSR count). The van der Waals surface area contributed by atoms with E-state index in [1.807, 2.05) is 0 Å². The summed E-state index contributed by atoms with van der Waals surface area (Å²) >= 11 is 0. The summed E-state index contributed by atoms with van der Waals surface area (Å²) in [6.07, 6.45) is 1.93. The Kier molecular flexibility index (Phi) is 4.22. The molecule has 0 aromatic heterocycles. The lowest BCUT2D eigenvalue weighted by molar-refractivity contribution is 0.111. The summed E-state index contributed by atoms with van der Waals surface area (Å²) in [6, 6.07) is 0. The first-order valence-electron chi connectivity index (χ1n) is 4.98. The number of carbonyl (C=O) groups is 2. The van der Waals surface area contributed by atoms with Crippen molar-refractivity contribution in [1.82, 2.24) is 10.2 Å². The number of hydrogen-bond acceptors (Lipinski definition) is 3. The van der Waals surface area contributed by atoms with Crippen molar-refractivity contribution in [2.24, 2.45) is 0 Å². The summed E-state index contributed by atoms with van der Waals surface area (Å²) in [4.78, 5) is 23.8. The molecule has 1 heterocycles. The van der Waals surface area contributed by atoms with Crippen LogP contribution >= 0.6 is 0 Å². The minimum absolute atomic E-state index is 0.464. The molecule has 80 valence electrons. The molecule has 0 atom stereocenters. The van der Waals surface area contributed by atoms with Gasteiger partial charge in [0.1, 0.15) is 0 Å². The van der Waals surface area contributed by atoms with Crippen molar-refractivity contribution in [2.45, 2.75) is 26.2 Å². The average Bonchev–Trinajstić information content (AvgIpc) is 2.19. The molecule has 1 aliphatic rings. The SMILES string of the molecule is CCNC(=O)OC(=O)N1CCCCC1. The van der Waals surface area contributed by atoms with Crippen LogP contribution in [0.2, 0.25) is 0 Å². The molecule has 0 radical (unpaired) electrons. The van der Waals surface area contributed by atoms with E-state index in [0.29, 0.717) is 19.6 Å². The fraction of sp³-hybridized carbons (Fsp3) is 0.778. The summed E-state index contributed by atoms with van der Waals surface area (Å²) in [6.45, 7) is 3.62. The number of amides is 2. The average molecular weight is 200 g/mol. The van der Waals surface area contributed by atoms with E-state index in [9.17, 15) is 9.59 Å². The van der Waals surface area contributed by atoms with Crippen molar-refractivity contribution in [2.75, 3.05) is 19.6 Å². The van der Waals surface area contributed by atoms with Crippen LogP contribution in [0.3, 0.4) is 0 Å². The maximum atomic E-state index is 11.3. The zero-order valence-corrected chi connectivity index (χ0v) is 8.41. The van der Waals surface area contributed by atoms with E-state index < -0.39 is 12.2 Å². The van der Waals surface area contributed by atoms with Crippen LogP contribution in [0.25, 0.3) is 0 Å². The summed E-state index contributed by atoms with van der Waals surface area (Å²) in [5, 5.41) is 2.41. The van der Waals surface area contributed by atoms with E-state index in [-0.39, 0.29) is 0 Å². The normalized spacial score (nSPS) is 16.2. The molecule has 0 spiro atoms. The molecule has 0 saturated carbocycles. The molecule has 0 aromatic carbocycles. The molecular weight excluding hydrogens is 184 g/mol. The van der Waals surface area contributed by atoms with Crippen molar-refractivity contribution in [3.63, 3.8) is 0 Å². The lowest BCUT2D eigenvalue weighted by Crippen LogP contribution is -2.39. The van der Waals surface area contributed by atoms with Crippen LogP contribution in [-0.4, -0.2) is 36.7 Å². The molecule has 1 aliphatic heterocycles. The quantitative estimate of drug-likeness (QED) is 0.650. The van der Waals surface area contributed by atoms with Gasteiger partial charge in [-0.1, -0.05) is 0 Å². The van der Waals surface area contributed by atoms with Gasteiger partial charge in [-0.05, 0) is 26.2 Å². The van der Waals surface area contributed by atoms with Crippen molar-refractivity contribution in [3.8, 4) is 0 Å². The number of ether oxygens (including phenoxy) is 1. The highest BCUT2D eigenvalue weighted by atomic mass is 16.6. The van der Waals surface area contributed by atoms with Gasteiger partial charge in [0.15, 0.2) is 0 Å². The highest BCUT2D eigenvalue weighted by molar-refractivity contribution is 5.83. The predicted octanol–water partition coefficient (Wildman–Crippen LogP) is 1.34. The van der Waals surface area contributed by atoms with Gasteiger partial charge >= 0.3 is 12.2 Å². The van der Waals surface area contributed by atoms with Crippen LogP contribution in [0, 0.1) is 0 Å². The Morgan fingerprint density at radius 1 is 1.29 bits per heavy atom. The predicted molar refractivity (Wildman–Crippen MR) is 51.0 cm³/mol. The van der Waals surface area contributed by atoms with E-state index in [1.165, 1.54) is 0 Å². The van der Waals surface area contributed by atoms with Crippen molar-refractivity contribution >= 4 is 12.2 Å². The van der Waals surface area contributed by atoms with Gasteiger partial charge in [-0.2, -0.15) is 0 Å². The first-order valence-corrected chi connectivity index (χ1v) is 4.98. The smallest absolute Gasteiger partial charge is 0.359 e. The zero-order chi connectivity index (χ0) is 10.4. The van der Waals surface area contributed by atoms with E-state index in [0.717, 1.165) is 19.3 Å². The van der Waals surface area contributed by atoms with E-state index >= 15 is 0 Å². The van der Waals surface area contributed by atoms with E-state index in [2.05, 4.69) is 10.1 Å². The molecule has 0 unspecified atom stereocenters. The van der Waals surface area contributed by atoms with Gasteiger partial charge in [0.2, 0.25) is 0 Å². The van der Waals surface area contributed by atoms with Crippen LogP contribution in [-0.2, 0) is 4.74 Å². The number of carbonyl (C=O) groups excluding carboxylic acids is 2. The zero-order valence-electron chi connectivity index (χ0n) is 8.41. The van der Waals surface area contributed by atoms with E-state index in [1.54, 1.807) is 11.8 Å². The third kappa shape index (κ3) is 3.24. The number of piperidine rings is 1. The van der Waals surface area contributed by atoms with Gasteiger partial charge < -0.3 is 15.0 Å². The first-order chi connectivity index (χ1) is 6.74. The molecule has 0 aromatic rings. The minimum atomic E-state index is -0.664. The number of likely N-dealkylation sites (tertiary alicyclic amines) is 1. The fourth-order valence-electron chi connectivity index (χ4n) is 1.40. The fourth-order valence-corrected chi connectivity index (χ4v) is 1.40. The summed E-state index contributed by atoms with van der Waals surface area (Å²) in [5.41, 5.74) is 0. The van der Waals surface area contributed by atoms with Gasteiger partial charge in [-0.3, -0.25) is 0 Å². The van der Waals surface area contributed by atoms with Gasteiger partial charge in [-0.25, -0.2) is 9.59 Å². The van der Waals surface area contributed by atoms with Gasteiger partial charge in [0, 0.05) is 19.6 Å². The van der Waals surface area contributed by atoms with E-state index in [4.69, 9.17) is 0 Å². The Hall–Kier alpha value is -1.26. The lowest BCUT2D eigenvalue weighted by atomic mass is 10.1. The van der Waals surface area contributed by atoms with Crippen LogP contribution in [0.5, 0.6) is 0 Å². The molecule has 0 bridgehead atoms. The summed E-state index contributed by atoms with van der Waals surface area (Å²) in [7, 11) is 0. The maximum absolute atomic E-state index is 11.3. The molecule has 0 aliphatic carbocycles. The van der Waals surface area contributed by atoms with Crippen molar-refractivity contribution in [3.05, 3.63) is 0 Å². The summed E-state index contributed by atoms with van der Waals surface area (Å²) < 4.78 is 4.57. The minimum Gasteiger partial charge on any atom is -0.359 e. The van der Waals surface area contributed by atoms with Crippen molar-refractivity contribution in [1.29, 1.82) is 0 Å². The Balaban J connectivity index is 2.29. The first kappa shape index (κ1) is 10.8. The number of nitrogens with zero attached hydrogens (tertiary/aromatic N) is 1. The largest absolute Gasteiger partial charge is 0.418 e. The second-order valence-corrected chi connectivity index (χ2v) is 3.23. The molecule has 1 N–H and O–H groups in total. The monoisotopic (exact) mass is 200 g/mol. The standard InChI is InChI=1S/C9H16N2O3/c1-2-10-8(12)14-9(13)11-6-4-3-5-7-11/h2-7H2,1H3,(H,10,12). The summed E-state index contributed by atoms with van der Waals surface area (Å²) in [5.74, 6) is 0. The topological polar surface area (TPSA) is 58.6 Å². The number of rotatable bonds is 1. The van der Waals surface area contributed by atoms with Gasteiger partial charge in [-0.15, -0.1) is 0 Å². The van der Waals surface area contributed by atoms with Gasteiger partial charge in [0.05, 0.1) is 0 Å². The lowest BCUT2D eigenvalue weighted by Gasteiger charge is -2.25. The molecule has 5 heteroatoms. The Morgan fingerprint density at radius 3 is 2.50 bits per heavy atom. The second-order valence-electron chi connectivity index (χ2n) is 3.23. The third-order valence-corrected chi connectivity index (χ3v) is 2.12. The molecule has 5 nitrogen and oxygen atoms in total. The third-order valence-electron chi connectivity index (χ3n) is 2.12. The van der Waals surface area contributed by atoms with Crippen LogP contribution in [0.15, 0.2) is 0 Å². The highest BCUT2D eigenvalue weighted by Gasteiger charge is 2.19. The maximum Gasteiger partial charge on any atom is 0.418 e. The Morgan fingerprint density at radius 2 is 1.93 bits per heavy atom. The Labute approximate surface area is 83.4 Å². The van der Waals surface area contributed by atoms with Crippen LogP contribution in [0.4, 0.5) is 9.59 Å². The van der Waals surface area contributed by atoms with Crippen molar-refractivity contribution < 1.29 is 14.3 Å². The van der Waals surface area contributed by atoms with Crippen LogP contribution < -0.4 is 5.32 Å². The number of hydrogen-bond donors (Lipinski definition) is 1. The highest BCUT2D eigenvalue weighted by Crippen LogP contribution is 2.09. The second kappa shape index (κ2) is 5.47. The molecule has 2 amide bonds. The van der Waals surface area contributed by atoms with Crippen LogP contribution in [0.1, 0.15) is 26.2 Å². The number of alkyl carbamates (subject to hydrolysis) is 1.